The van der Waals surface area contributed by atoms with Gasteiger partial charge in [0.1, 0.15) is 0 Å². The maximum absolute atomic E-state index is 8.91. The number of nitriles is 1. The van der Waals surface area contributed by atoms with E-state index in [9.17, 15) is 0 Å². The number of hydrogen-bond acceptors (Lipinski definition) is 2. The van der Waals surface area contributed by atoms with Gasteiger partial charge in [-0.25, -0.2) is 0 Å². The molecule has 0 radical (unpaired) electrons. The fraction of sp³-hybridized carbons (Fsp3) is 0.588. The van der Waals surface area contributed by atoms with Gasteiger partial charge < -0.3 is 4.90 Å². The van der Waals surface area contributed by atoms with Crippen LogP contribution in [0.15, 0.2) is 30.3 Å². The molecule has 1 saturated heterocycles. The molecular weight excluding hydrogens is 232 g/mol. The summed E-state index contributed by atoms with van der Waals surface area (Å²) in [7, 11) is 0. The second-order valence-corrected chi connectivity index (χ2v) is 6.35. The van der Waals surface area contributed by atoms with Crippen LogP contribution in [0.25, 0.3) is 0 Å². The van der Waals surface area contributed by atoms with Crippen LogP contribution >= 0.6 is 0 Å². The Bertz CT molecular complexity index is 430. The summed E-state index contributed by atoms with van der Waals surface area (Å²) in [6.45, 7) is 8.01. The zero-order chi connectivity index (χ0) is 13.7. The van der Waals surface area contributed by atoms with Gasteiger partial charge in [0.15, 0.2) is 0 Å². The van der Waals surface area contributed by atoms with Gasteiger partial charge in [-0.15, -0.1) is 0 Å². The highest BCUT2D eigenvalue weighted by atomic mass is 15.1. The van der Waals surface area contributed by atoms with Crippen LogP contribution in [0.5, 0.6) is 0 Å². The minimum absolute atomic E-state index is 0.269. The third-order valence-electron chi connectivity index (χ3n) is 4.43. The minimum Gasteiger partial charge on any atom is -0.302 e. The van der Waals surface area contributed by atoms with E-state index in [4.69, 9.17) is 5.26 Å². The molecule has 1 atom stereocenters. The number of rotatable bonds is 4. The molecule has 1 aromatic rings. The second kappa shape index (κ2) is 6.21. The lowest BCUT2D eigenvalue weighted by Gasteiger charge is -2.43. The van der Waals surface area contributed by atoms with Crippen molar-refractivity contribution in [3.63, 3.8) is 0 Å². The van der Waals surface area contributed by atoms with E-state index in [-0.39, 0.29) is 5.41 Å². The van der Waals surface area contributed by atoms with Crippen molar-refractivity contribution in [3.8, 4) is 6.07 Å². The van der Waals surface area contributed by atoms with Crippen LogP contribution in [0.2, 0.25) is 0 Å². The molecule has 0 aromatic heterocycles. The molecule has 19 heavy (non-hydrogen) atoms. The summed E-state index contributed by atoms with van der Waals surface area (Å²) in [5.74, 6) is 0.561. The quantitative estimate of drug-likeness (QED) is 0.824. The Labute approximate surface area is 117 Å². The Morgan fingerprint density at radius 2 is 2.05 bits per heavy atom. The molecule has 1 unspecified atom stereocenters. The lowest BCUT2D eigenvalue weighted by atomic mass is 9.72. The molecule has 0 saturated carbocycles. The lowest BCUT2D eigenvalue weighted by molar-refractivity contribution is 0.0583. The molecule has 2 nitrogen and oxygen atoms in total. The van der Waals surface area contributed by atoms with Crippen LogP contribution in [0.4, 0.5) is 0 Å². The summed E-state index contributed by atoms with van der Waals surface area (Å²) in [6.07, 6.45) is 2.99. The second-order valence-electron chi connectivity index (χ2n) is 6.35. The molecule has 2 rings (SSSR count). The standard InChI is InChI=1S/C17H24N2/c1-17(2)14-19(13-10-16(17)8-11-18)12-9-15-6-4-3-5-7-15/h3-7,16H,8-10,12-14H2,1-2H3. The third-order valence-corrected chi connectivity index (χ3v) is 4.43. The summed E-state index contributed by atoms with van der Waals surface area (Å²) < 4.78 is 0. The SMILES string of the molecule is CC1(C)CN(CCc2ccccc2)CCC1CC#N. The van der Waals surface area contributed by atoms with Crippen molar-refractivity contribution in [3.05, 3.63) is 35.9 Å². The number of hydrogen-bond donors (Lipinski definition) is 0. The van der Waals surface area contributed by atoms with Crippen LogP contribution in [-0.4, -0.2) is 24.5 Å². The summed E-state index contributed by atoms with van der Waals surface area (Å²) in [5.41, 5.74) is 1.68. The first kappa shape index (κ1) is 14.1. The highest BCUT2D eigenvalue weighted by molar-refractivity contribution is 5.14. The molecule has 0 bridgehead atoms. The summed E-state index contributed by atoms with van der Waals surface area (Å²) in [5, 5.41) is 8.91. The Morgan fingerprint density at radius 1 is 1.32 bits per heavy atom. The van der Waals surface area contributed by atoms with Crippen molar-refractivity contribution in [1.29, 1.82) is 5.26 Å². The van der Waals surface area contributed by atoms with Gasteiger partial charge in [-0.3, -0.25) is 0 Å². The van der Waals surface area contributed by atoms with Crippen molar-refractivity contribution in [2.45, 2.75) is 33.1 Å². The number of benzene rings is 1. The van der Waals surface area contributed by atoms with E-state index in [2.05, 4.69) is 55.1 Å². The molecule has 102 valence electrons. The average molecular weight is 256 g/mol. The highest BCUT2D eigenvalue weighted by Gasteiger charge is 2.35. The molecule has 0 amide bonds. The van der Waals surface area contributed by atoms with E-state index in [0.717, 1.165) is 32.5 Å². The van der Waals surface area contributed by atoms with Gasteiger partial charge in [0.05, 0.1) is 6.07 Å². The maximum atomic E-state index is 8.91. The van der Waals surface area contributed by atoms with Crippen LogP contribution in [0, 0.1) is 22.7 Å². The van der Waals surface area contributed by atoms with Gasteiger partial charge in [-0.05, 0) is 36.3 Å². The predicted molar refractivity (Wildman–Crippen MR) is 78.7 cm³/mol. The molecule has 0 N–H and O–H groups in total. The van der Waals surface area contributed by atoms with Crippen molar-refractivity contribution in [2.24, 2.45) is 11.3 Å². The number of piperidine rings is 1. The molecule has 1 aromatic carbocycles. The zero-order valence-electron chi connectivity index (χ0n) is 12.1. The first-order chi connectivity index (χ1) is 9.12. The van der Waals surface area contributed by atoms with Crippen molar-refractivity contribution < 1.29 is 0 Å². The van der Waals surface area contributed by atoms with E-state index in [1.54, 1.807) is 0 Å². The van der Waals surface area contributed by atoms with Crippen molar-refractivity contribution in [2.75, 3.05) is 19.6 Å². The third kappa shape index (κ3) is 3.81. The first-order valence-electron chi connectivity index (χ1n) is 7.25. The Balaban J connectivity index is 1.86. The van der Waals surface area contributed by atoms with Gasteiger partial charge in [-0.1, -0.05) is 44.2 Å². The van der Waals surface area contributed by atoms with Gasteiger partial charge in [0.25, 0.3) is 0 Å². The van der Waals surface area contributed by atoms with Gasteiger partial charge in [0.2, 0.25) is 0 Å². The molecule has 0 spiro atoms. The predicted octanol–water partition coefficient (Wildman–Crippen LogP) is 3.49. The first-order valence-corrected chi connectivity index (χ1v) is 7.25. The van der Waals surface area contributed by atoms with Gasteiger partial charge >= 0.3 is 0 Å². The highest BCUT2D eigenvalue weighted by Crippen LogP contribution is 2.36. The molecular formula is C17H24N2. The Kier molecular flexibility index (Phi) is 4.61. The average Bonchev–Trinajstić information content (AvgIpc) is 2.40. The topological polar surface area (TPSA) is 27.0 Å². The minimum atomic E-state index is 0.269. The fourth-order valence-electron chi connectivity index (χ4n) is 3.12. The molecule has 1 heterocycles. The van der Waals surface area contributed by atoms with Gasteiger partial charge in [-0.2, -0.15) is 5.26 Å². The molecule has 1 fully saturated rings. The summed E-state index contributed by atoms with van der Waals surface area (Å²) >= 11 is 0. The lowest BCUT2D eigenvalue weighted by Crippen LogP contribution is -2.46. The number of likely N-dealkylation sites (tertiary alicyclic amines) is 1. The van der Waals surface area contributed by atoms with E-state index in [1.165, 1.54) is 5.56 Å². The molecule has 2 heteroatoms. The van der Waals surface area contributed by atoms with Crippen LogP contribution in [-0.2, 0) is 6.42 Å². The van der Waals surface area contributed by atoms with Crippen LogP contribution < -0.4 is 0 Å². The van der Waals surface area contributed by atoms with Crippen LogP contribution in [0.3, 0.4) is 0 Å². The Hall–Kier alpha value is -1.33. The monoisotopic (exact) mass is 256 g/mol. The van der Waals surface area contributed by atoms with Crippen molar-refractivity contribution >= 4 is 0 Å². The normalized spacial score (nSPS) is 22.9. The summed E-state index contributed by atoms with van der Waals surface area (Å²) in [6, 6.07) is 13.0. The molecule has 1 aliphatic rings. The summed E-state index contributed by atoms with van der Waals surface area (Å²) in [4.78, 5) is 2.56. The largest absolute Gasteiger partial charge is 0.302 e. The number of nitrogens with zero attached hydrogens (tertiary/aromatic N) is 2. The van der Waals surface area contributed by atoms with Crippen molar-refractivity contribution in [1.82, 2.24) is 4.90 Å². The fourth-order valence-corrected chi connectivity index (χ4v) is 3.12. The smallest absolute Gasteiger partial charge is 0.0624 e. The Morgan fingerprint density at radius 3 is 2.68 bits per heavy atom. The van der Waals surface area contributed by atoms with E-state index >= 15 is 0 Å². The molecule has 1 aliphatic heterocycles. The molecule has 0 aliphatic carbocycles. The van der Waals surface area contributed by atoms with Gasteiger partial charge in [0, 0.05) is 19.5 Å². The van der Waals surface area contributed by atoms with E-state index in [1.807, 2.05) is 0 Å². The van der Waals surface area contributed by atoms with E-state index in [0.29, 0.717) is 12.3 Å². The van der Waals surface area contributed by atoms with Crippen LogP contribution in [0.1, 0.15) is 32.3 Å². The van der Waals surface area contributed by atoms with E-state index < -0.39 is 0 Å². The zero-order valence-corrected chi connectivity index (χ0v) is 12.1. The maximum Gasteiger partial charge on any atom is 0.0624 e.